The smallest absolute Gasteiger partial charge is 0.248 e. The summed E-state index contributed by atoms with van der Waals surface area (Å²) in [6, 6.07) is 6.40. The van der Waals surface area contributed by atoms with Crippen molar-refractivity contribution in [1.82, 2.24) is 9.88 Å². The molecule has 2 rings (SSSR count). The zero-order valence-electron chi connectivity index (χ0n) is 14.2. The van der Waals surface area contributed by atoms with Crippen LogP contribution in [0, 0.1) is 16.7 Å². The van der Waals surface area contributed by atoms with E-state index in [4.69, 9.17) is 4.74 Å². The van der Waals surface area contributed by atoms with E-state index in [0.717, 1.165) is 5.56 Å². The van der Waals surface area contributed by atoms with Crippen molar-refractivity contribution in [3.8, 4) is 6.07 Å². The number of carbonyl (C=O) groups is 1. The number of likely N-dealkylation sites (tertiary alicyclic amines) is 1. The van der Waals surface area contributed by atoms with Gasteiger partial charge < -0.3 is 9.64 Å². The summed E-state index contributed by atoms with van der Waals surface area (Å²) in [5.74, 6) is 0.00961. The maximum atomic E-state index is 12.2. The van der Waals surface area contributed by atoms with Crippen LogP contribution in [0.25, 0.3) is 0 Å². The summed E-state index contributed by atoms with van der Waals surface area (Å²) in [6.07, 6.45) is 5.62. The number of pyridine rings is 1. The molecule has 23 heavy (non-hydrogen) atoms. The largest absolute Gasteiger partial charge is 0.366 e. The molecular formula is C18H25N3O2. The standard InChI is InChI=1S/C18H25N3O2/c1-17(2,3)23-13-16(22)21-10-6-18(14-19,7-11-21)12-15-4-8-20-9-5-15/h4-5,8-9H,6-7,10-13H2,1-3H3. The number of piperidine rings is 1. The molecule has 2 heterocycles. The van der Waals surface area contributed by atoms with Crippen LogP contribution in [0.5, 0.6) is 0 Å². The zero-order chi connectivity index (χ0) is 16.9. The van der Waals surface area contributed by atoms with Crippen LogP contribution in [0.3, 0.4) is 0 Å². The first-order valence-electron chi connectivity index (χ1n) is 8.05. The Morgan fingerprint density at radius 3 is 2.48 bits per heavy atom. The number of amides is 1. The fourth-order valence-corrected chi connectivity index (χ4v) is 2.77. The van der Waals surface area contributed by atoms with Gasteiger partial charge in [-0.1, -0.05) is 0 Å². The van der Waals surface area contributed by atoms with Crippen LogP contribution in [0.1, 0.15) is 39.2 Å². The fraction of sp³-hybridized carbons (Fsp3) is 0.611. The van der Waals surface area contributed by atoms with Gasteiger partial charge in [0.1, 0.15) is 6.61 Å². The van der Waals surface area contributed by atoms with Crippen molar-refractivity contribution >= 4 is 5.91 Å². The number of hydrogen-bond acceptors (Lipinski definition) is 4. The molecule has 0 spiro atoms. The second kappa shape index (κ2) is 7.10. The highest BCUT2D eigenvalue weighted by Crippen LogP contribution is 2.34. The van der Waals surface area contributed by atoms with Crippen LogP contribution in [0.15, 0.2) is 24.5 Å². The first-order valence-corrected chi connectivity index (χ1v) is 8.05. The number of aromatic nitrogens is 1. The first-order chi connectivity index (χ1) is 10.8. The highest BCUT2D eigenvalue weighted by Gasteiger charge is 2.36. The molecule has 0 atom stereocenters. The van der Waals surface area contributed by atoms with E-state index in [1.165, 1.54) is 0 Å². The average Bonchev–Trinajstić information content (AvgIpc) is 2.53. The van der Waals surface area contributed by atoms with Crippen LogP contribution in [0.2, 0.25) is 0 Å². The maximum absolute atomic E-state index is 12.2. The number of carbonyl (C=O) groups excluding carboxylic acids is 1. The van der Waals surface area contributed by atoms with E-state index >= 15 is 0 Å². The van der Waals surface area contributed by atoms with Crippen LogP contribution >= 0.6 is 0 Å². The molecule has 0 unspecified atom stereocenters. The Labute approximate surface area is 138 Å². The quantitative estimate of drug-likeness (QED) is 0.856. The maximum Gasteiger partial charge on any atom is 0.248 e. The van der Waals surface area contributed by atoms with Gasteiger partial charge in [-0.3, -0.25) is 9.78 Å². The van der Waals surface area contributed by atoms with Gasteiger partial charge in [0.15, 0.2) is 0 Å². The molecule has 1 aromatic rings. The second-order valence-electron chi connectivity index (χ2n) is 7.21. The third-order valence-corrected chi connectivity index (χ3v) is 4.23. The Bertz CT molecular complexity index is 564. The summed E-state index contributed by atoms with van der Waals surface area (Å²) in [6.45, 7) is 7.15. The Morgan fingerprint density at radius 2 is 1.96 bits per heavy atom. The van der Waals surface area contributed by atoms with E-state index in [2.05, 4.69) is 11.1 Å². The number of nitriles is 1. The molecule has 0 radical (unpaired) electrons. The molecule has 1 aliphatic rings. The fourth-order valence-electron chi connectivity index (χ4n) is 2.77. The van der Waals surface area contributed by atoms with E-state index in [1.54, 1.807) is 12.4 Å². The van der Waals surface area contributed by atoms with Crippen molar-refractivity contribution in [2.45, 2.75) is 45.6 Å². The number of hydrogen-bond donors (Lipinski definition) is 0. The molecule has 5 heteroatoms. The van der Waals surface area contributed by atoms with E-state index in [9.17, 15) is 10.1 Å². The third-order valence-electron chi connectivity index (χ3n) is 4.23. The van der Waals surface area contributed by atoms with E-state index in [1.807, 2.05) is 37.8 Å². The molecule has 124 valence electrons. The molecule has 0 aliphatic carbocycles. The van der Waals surface area contributed by atoms with E-state index in [-0.39, 0.29) is 23.5 Å². The number of ether oxygens (including phenoxy) is 1. The molecule has 1 fully saturated rings. The molecule has 0 bridgehead atoms. The van der Waals surface area contributed by atoms with Gasteiger partial charge in [0.2, 0.25) is 5.91 Å². The van der Waals surface area contributed by atoms with Crippen LogP contribution in [-0.2, 0) is 16.0 Å². The minimum absolute atomic E-state index is 0.00961. The third kappa shape index (κ3) is 5.04. The van der Waals surface area contributed by atoms with Crippen molar-refractivity contribution in [2.24, 2.45) is 5.41 Å². The Kier molecular flexibility index (Phi) is 5.38. The molecule has 1 aromatic heterocycles. The van der Waals surface area contributed by atoms with Crippen molar-refractivity contribution in [2.75, 3.05) is 19.7 Å². The van der Waals surface area contributed by atoms with Gasteiger partial charge >= 0.3 is 0 Å². The van der Waals surface area contributed by atoms with Gasteiger partial charge in [-0.2, -0.15) is 5.26 Å². The van der Waals surface area contributed by atoms with Crippen molar-refractivity contribution < 1.29 is 9.53 Å². The van der Waals surface area contributed by atoms with E-state index < -0.39 is 0 Å². The predicted molar refractivity (Wildman–Crippen MR) is 87.5 cm³/mol. The first kappa shape index (κ1) is 17.4. The number of nitrogens with zero attached hydrogens (tertiary/aromatic N) is 3. The summed E-state index contributed by atoms with van der Waals surface area (Å²) < 4.78 is 5.56. The van der Waals surface area contributed by atoms with Crippen LogP contribution in [0.4, 0.5) is 0 Å². The van der Waals surface area contributed by atoms with Gasteiger partial charge in [-0.15, -0.1) is 0 Å². The van der Waals surface area contributed by atoms with Crippen molar-refractivity contribution in [3.63, 3.8) is 0 Å². The lowest BCUT2D eigenvalue weighted by Crippen LogP contribution is -2.45. The molecular weight excluding hydrogens is 290 g/mol. The topological polar surface area (TPSA) is 66.2 Å². The summed E-state index contributed by atoms with van der Waals surface area (Å²) >= 11 is 0. The summed E-state index contributed by atoms with van der Waals surface area (Å²) in [4.78, 5) is 18.0. The minimum atomic E-state index is -0.386. The van der Waals surface area contributed by atoms with Crippen LogP contribution < -0.4 is 0 Å². The summed E-state index contributed by atoms with van der Waals surface area (Å²) in [7, 11) is 0. The van der Waals surface area contributed by atoms with Gasteiger partial charge in [0, 0.05) is 25.5 Å². The minimum Gasteiger partial charge on any atom is -0.366 e. The monoisotopic (exact) mass is 315 g/mol. The highest BCUT2D eigenvalue weighted by atomic mass is 16.5. The van der Waals surface area contributed by atoms with E-state index in [0.29, 0.717) is 32.4 Å². The van der Waals surface area contributed by atoms with Gasteiger partial charge in [0.05, 0.1) is 17.1 Å². The molecule has 5 nitrogen and oxygen atoms in total. The van der Waals surface area contributed by atoms with Crippen molar-refractivity contribution in [3.05, 3.63) is 30.1 Å². The molecule has 1 saturated heterocycles. The normalized spacial score (nSPS) is 17.6. The lowest BCUT2D eigenvalue weighted by molar-refractivity contribution is -0.142. The molecule has 0 saturated carbocycles. The van der Waals surface area contributed by atoms with Crippen molar-refractivity contribution in [1.29, 1.82) is 5.26 Å². The van der Waals surface area contributed by atoms with Gasteiger partial charge in [0.25, 0.3) is 0 Å². The Balaban J connectivity index is 1.91. The second-order valence-corrected chi connectivity index (χ2v) is 7.21. The average molecular weight is 315 g/mol. The molecule has 1 aliphatic heterocycles. The Morgan fingerprint density at radius 1 is 1.35 bits per heavy atom. The molecule has 0 N–H and O–H groups in total. The lowest BCUT2D eigenvalue weighted by atomic mass is 9.75. The number of rotatable bonds is 4. The lowest BCUT2D eigenvalue weighted by Gasteiger charge is -2.37. The molecule has 1 amide bonds. The summed E-state index contributed by atoms with van der Waals surface area (Å²) in [5.41, 5.74) is 0.420. The predicted octanol–water partition coefficient (Wildman–Crippen LogP) is 2.57. The molecule has 0 aromatic carbocycles. The van der Waals surface area contributed by atoms with Gasteiger partial charge in [-0.05, 0) is 57.7 Å². The van der Waals surface area contributed by atoms with Crippen LogP contribution in [-0.4, -0.2) is 41.1 Å². The zero-order valence-corrected chi connectivity index (χ0v) is 14.2. The van der Waals surface area contributed by atoms with Gasteiger partial charge in [-0.25, -0.2) is 0 Å². The Hall–Kier alpha value is -1.93. The SMILES string of the molecule is CC(C)(C)OCC(=O)N1CCC(C#N)(Cc2ccncc2)CC1. The highest BCUT2D eigenvalue weighted by molar-refractivity contribution is 5.77. The summed E-state index contributed by atoms with van der Waals surface area (Å²) in [5, 5.41) is 9.64.